The Hall–Kier alpha value is -1.17. The van der Waals surface area contributed by atoms with Crippen LogP contribution in [0.3, 0.4) is 0 Å². The zero-order valence-corrected chi connectivity index (χ0v) is 12.9. The van der Waals surface area contributed by atoms with Crippen LogP contribution in [0.15, 0.2) is 48.1 Å². The molecule has 1 aliphatic rings. The Labute approximate surface area is 116 Å². The van der Waals surface area contributed by atoms with E-state index in [1.807, 2.05) is 42.5 Å². The maximum atomic E-state index is 10.5. The monoisotopic (exact) mass is 286 g/mol. The summed E-state index contributed by atoms with van der Waals surface area (Å²) in [5.41, 5.74) is 0.878. The standard InChI is InChI=1S/C10H12O3S.C4H12N/c11-14(12,13)9-8-10-6-4-2-1-3-5-7-10;1-5(2,3)4/h1-7H,8-9H2,(H,11,12,13);1-4H3/q;+1. The predicted octanol–water partition coefficient (Wildman–Crippen LogP) is 2.20. The minimum atomic E-state index is -3.86. The molecule has 0 unspecified atom stereocenters. The number of nitrogens with zero attached hydrogens (tertiary/aromatic N) is 1. The van der Waals surface area contributed by atoms with Crippen LogP contribution in [0.4, 0.5) is 0 Å². The van der Waals surface area contributed by atoms with E-state index in [1.165, 1.54) is 0 Å². The highest BCUT2D eigenvalue weighted by molar-refractivity contribution is 7.85. The van der Waals surface area contributed by atoms with Crippen LogP contribution < -0.4 is 0 Å². The van der Waals surface area contributed by atoms with Crippen LogP contribution >= 0.6 is 0 Å². The fourth-order valence-electron chi connectivity index (χ4n) is 1.02. The van der Waals surface area contributed by atoms with Gasteiger partial charge in [0.15, 0.2) is 0 Å². The van der Waals surface area contributed by atoms with Gasteiger partial charge in [-0.15, -0.1) is 0 Å². The fraction of sp³-hybridized carbons (Fsp3) is 0.429. The van der Waals surface area contributed by atoms with Gasteiger partial charge >= 0.3 is 0 Å². The molecule has 1 rings (SSSR count). The van der Waals surface area contributed by atoms with Gasteiger partial charge in [-0.1, -0.05) is 42.5 Å². The van der Waals surface area contributed by atoms with Crippen LogP contribution in [0.5, 0.6) is 0 Å². The third kappa shape index (κ3) is 16.8. The van der Waals surface area contributed by atoms with Crippen molar-refractivity contribution in [1.82, 2.24) is 0 Å². The Kier molecular flexibility index (Phi) is 7.59. The minimum absolute atomic E-state index is 0.235. The van der Waals surface area contributed by atoms with Gasteiger partial charge in [0.05, 0.1) is 33.9 Å². The second-order valence-corrected chi connectivity index (χ2v) is 7.16. The van der Waals surface area contributed by atoms with Gasteiger partial charge in [0.25, 0.3) is 10.1 Å². The Bertz CT molecular complexity index is 471. The Balaban J connectivity index is 0.000000555. The van der Waals surface area contributed by atoms with Crippen LogP contribution in [0.1, 0.15) is 6.42 Å². The molecule has 0 atom stereocenters. The summed E-state index contributed by atoms with van der Waals surface area (Å²) in [4.78, 5) is 0. The number of rotatable bonds is 3. The molecule has 0 aromatic rings. The van der Waals surface area contributed by atoms with E-state index in [9.17, 15) is 8.42 Å². The molecule has 0 aromatic heterocycles. The van der Waals surface area contributed by atoms with E-state index in [0.717, 1.165) is 10.1 Å². The molecule has 0 heterocycles. The van der Waals surface area contributed by atoms with E-state index in [-0.39, 0.29) is 5.75 Å². The maximum absolute atomic E-state index is 10.5. The summed E-state index contributed by atoms with van der Waals surface area (Å²) in [6, 6.07) is 0. The first-order chi connectivity index (χ1) is 8.58. The van der Waals surface area contributed by atoms with Crippen molar-refractivity contribution in [2.75, 3.05) is 33.9 Å². The van der Waals surface area contributed by atoms with E-state index in [1.54, 1.807) is 0 Å². The molecule has 0 spiro atoms. The van der Waals surface area contributed by atoms with Crippen molar-refractivity contribution in [2.24, 2.45) is 0 Å². The average molecular weight is 286 g/mol. The molecule has 0 amide bonds. The van der Waals surface area contributed by atoms with Gasteiger partial charge in [-0.05, 0) is 12.0 Å². The second-order valence-electron chi connectivity index (χ2n) is 5.59. The normalized spacial score (nSPS) is 15.1. The van der Waals surface area contributed by atoms with Crippen molar-refractivity contribution < 1.29 is 17.5 Å². The molecule has 0 bridgehead atoms. The van der Waals surface area contributed by atoms with E-state index in [2.05, 4.69) is 28.2 Å². The molecule has 0 saturated carbocycles. The molecule has 5 heteroatoms. The molecule has 0 radical (unpaired) electrons. The zero-order valence-electron chi connectivity index (χ0n) is 12.1. The second kappa shape index (κ2) is 8.09. The summed E-state index contributed by atoms with van der Waals surface area (Å²) in [5, 5.41) is 0. The lowest BCUT2D eigenvalue weighted by Crippen LogP contribution is -2.27. The van der Waals surface area contributed by atoms with E-state index in [4.69, 9.17) is 4.55 Å². The number of hydrogen-bond donors (Lipinski definition) is 1. The van der Waals surface area contributed by atoms with Crippen molar-refractivity contribution >= 4 is 10.1 Å². The minimum Gasteiger partial charge on any atom is -0.333 e. The molecule has 19 heavy (non-hydrogen) atoms. The first-order valence-corrected chi connectivity index (χ1v) is 7.63. The average Bonchev–Trinajstić information content (AvgIpc) is 2.11. The molecule has 0 aromatic carbocycles. The third-order valence-corrected chi connectivity index (χ3v) is 2.43. The summed E-state index contributed by atoms with van der Waals surface area (Å²) in [6.07, 6.45) is 13.2. The summed E-state index contributed by atoms with van der Waals surface area (Å²) < 4.78 is 30.6. The quantitative estimate of drug-likeness (QED) is 0.639. The predicted molar refractivity (Wildman–Crippen MR) is 80.5 cm³/mol. The highest BCUT2D eigenvalue weighted by Crippen LogP contribution is 2.07. The van der Waals surface area contributed by atoms with Gasteiger partial charge in [-0.3, -0.25) is 4.55 Å². The van der Waals surface area contributed by atoms with Gasteiger partial charge in [0.1, 0.15) is 0 Å². The molecule has 108 valence electrons. The lowest BCUT2D eigenvalue weighted by Gasteiger charge is -2.14. The van der Waals surface area contributed by atoms with Crippen LogP contribution in [-0.4, -0.2) is 51.4 Å². The van der Waals surface area contributed by atoms with Crippen LogP contribution in [-0.2, 0) is 10.1 Å². The van der Waals surface area contributed by atoms with Gasteiger partial charge in [-0.2, -0.15) is 8.42 Å². The first-order valence-electron chi connectivity index (χ1n) is 6.02. The summed E-state index contributed by atoms with van der Waals surface area (Å²) in [5.74, 6) is -0.235. The SMILES string of the molecule is C[N+](C)(C)C.O=S(=O)(O)CCC1=CC=CC=CC=C1. The first kappa shape index (κ1) is 17.8. The van der Waals surface area contributed by atoms with Gasteiger partial charge in [0.2, 0.25) is 0 Å². The van der Waals surface area contributed by atoms with E-state index in [0.29, 0.717) is 6.42 Å². The van der Waals surface area contributed by atoms with Crippen molar-refractivity contribution in [2.45, 2.75) is 6.42 Å². The van der Waals surface area contributed by atoms with Crippen LogP contribution in [0.2, 0.25) is 0 Å². The largest absolute Gasteiger partial charge is 0.333 e. The lowest BCUT2D eigenvalue weighted by atomic mass is 10.1. The molecule has 0 fully saturated rings. The summed E-state index contributed by atoms with van der Waals surface area (Å²) >= 11 is 0. The molecule has 4 nitrogen and oxygen atoms in total. The molecular formula is C14H24NO3S+. The highest BCUT2D eigenvalue weighted by atomic mass is 32.2. The molecule has 1 aliphatic carbocycles. The van der Waals surface area contributed by atoms with Crippen LogP contribution in [0.25, 0.3) is 0 Å². The Morgan fingerprint density at radius 2 is 1.47 bits per heavy atom. The summed E-state index contributed by atoms with van der Waals surface area (Å²) in [6.45, 7) is 0. The smallest absolute Gasteiger partial charge is 0.265 e. The van der Waals surface area contributed by atoms with Crippen LogP contribution in [0, 0.1) is 0 Å². The van der Waals surface area contributed by atoms with Gasteiger partial charge < -0.3 is 4.48 Å². The van der Waals surface area contributed by atoms with Crippen molar-refractivity contribution in [3.63, 3.8) is 0 Å². The van der Waals surface area contributed by atoms with Crippen molar-refractivity contribution in [3.8, 4) is 0 Å². The Morgan fingerprint density at radius 3 is 2.00 bits per heavy atom. The topological polar surface area (TPSA) is 54.4 Å². The zero-order chi connectivity index (χ0) is 14.9. The Morgan fingerprint density at radius 1 is 1.00 bits per heavy atom. The lowest BCUT2D eigenvalue weighted by molar-refractivity contribution is -0.849. The van der Waals surface area contributed by atoms with Crippen molar-refractivity contribution in [1.29, 1.82) is 0 Å². The van der Waals surface area contributed by atoms with E-state index < -0.39 is 10.1 Å². The van der Waals surface area contributed by atoms with Gasteiger partial charge in [-0.25, -0.2) is 0 Å². The molecular weight excluding hydrogens is 262 g/mol. The summed E-state index contributed by atoms with van der Waals surface area (Å²) in [7, 11) is 4.64. The third-order valence-electron chi connectivity index (χ3n) is 1.71. The fourth-order valence-corrected chi connectivity index (χ4v) is 1.51. The highest BCUT2D eigenvalue weighted by Gasteiger charge is 2.04. The van der Waals surface area contributed by atoms with E-state index >= 15 is 0 Å². The molecule has 1 N–H and O–H groups in total. The number of hydrogen-bond acceptors (Lipinski definition) is 2. The molecule has 0 aliphatic heterocycles. The van der Waals surface area contributed by atoms with Gasteiger partial charge in [0, 0.05) is 0 Å². The molecule has 0 saturated heterocycles. The van der Waals surface area contributed by atoms with Crippen molar-refractivity contribution in [3.05, 3.63) is 48.1 Å². The maximum Gasteiger partial charge on any atom is 0.265 e. The number of quaternary nitrogens is 1. The number of allylic oxidation sites excluding steroid dienone is 8.